The van der Waals surface area contributed by atoms with Crippen molar-refractivity contribution in [2.75, 3.05) is 0 Å². The third-order valence-electron chi connectivity index (χ3n) is 2.13. The molecule has 0 aliphatic rings. The van der Waals surface area contributed by atoms with Gasteiger partial charge >= 0.3 is 0 Å². The number of hydrogen-bond acceptors (Lipinski definition) is 1. The van der Waals surface area contributed by atoms with Gasteiger partial charge in [-0.2, -0.15) is 0 Å². The highest BCUT2D eigenvalue weighted by molar-refractivity contribution is 4.77. The summed E-state index contributed by atoms with van der Waals surface area (Å²) in [4.78, 5) is 0. The van der Waals surface area contributed by atoms with E-state index >= 15 is 0 Å². The van der Waals surface area contributed by atoms with Gasteiger partial charge in [-0.05, 0) is 33.6 Å². The van der Waals surface area contributed by atoms with Gasteiger partial charge in [0.15, 0.2) is 0 Å². The third kappa shape index (κ3) is 3.89. The van der Waals surface area contributed by atoms with Crippen molar-refractivity contribution >= 4 is 0 Å². The highest BCUT2D eigenvalue weighted by Gasteiger charge is 2.15. The predicted molar refractivity (Wildman–Crippen MR) is 47.3 cm³/mol. The molecule has 62 valence electrons. The number of hydrogen-bond donors (Lipinski definition) is 1. The molecular weight excluding hydrogens is 122 g/mol. The van der Waals surface area contributed by atoms with Crippen LogP contribution < -0.4 is 5.32 Å². The summed E-state index contributed by atoms with van der Waals surface area (Å²) in [6.45, 7) is 11.2. The summed E-state index contributed by atoms with van der Waals surface area (Å²) in [5, 5.41) is 3.56. The summed E-state index contributed by atoms with van der Waals surface area (Å²) >= 11 is 0. The quantitative estimate of drug-likeness (QED) is 0.637. The minimum Gasteiger partial charge on any atom is -0.309 e. The molecule has 0 rings (SSSR count). The Bertz CT molecular complexity index is 86.7. The van der Waals surface area contributed by atoms with E-state index in [1.54, 1.807) is 0 Å². The molecule has 1 unspecified atom stereocenters. The Hall–Kier alpha value is -0.0400. The molecule has 0 aromatic heterocycles. The molecule has 0 aliphatic carbocycles. The van der Waals surface area contributed by atoms with Gasteiger partial charge in [-0.1, -0.05) is 13.8 Å². The van der Waals surface area contributed by atoms with E-state index in [1.807, 2.05) is 0 Å². The van der Waals surface area contributed by atoms with E-state index in [1.165, 1.54) is 12.8 Å². The SMILES string of the molecule is CCC(C)NC(C)(C)CC. The molecule has 0 aliphatic heterocycles. The van der Waals surface area contributed by atoms with Crippen LogP contribution in [0.3, 0.4) is 0 Å². The Balaban J connectivity index is 3.64. The molecule has 1 heteroatoms. The van der Waals surface area contributed by atoms with Crippen molar-refractivity contribution in [1.29, 1.82) is 0 Å². The lowest BCUT2D eigenvalue weighted by atomic mass is 10.0. The van der Waals surface area contributed by atoms with Crippen molar-refractivity contribution < 1.29 is 0 Å². The van der Waals surface area contributed by atoms with Crippen molar-refractivity contribution in [2.45, 2.75) is 59.0 Å². The molecule has 10 heavy (non-hydrogen) atoms. The van der Waals surface area contributed by atoms with E-state index in [0.29, 0.717) is 11.6 Å². The van der Waals surface area contributed by atoms with Gasteiger partial charge in [0.25, 0.3) is 0 Å². The Morgan fingerprint density at radius 1 is 1.30 bits per heavy atom. The van der Waals surface area contributed by atoms with Crippen molar-refractivity contribution in [3.8, 4) is 0 Å². The predicted octanol–water partition coefficient (Wildman–Crippen LogP) is 2.56. The second-order valence-corrected chi connectivity index (χ2v) is 3.69. The first-order chi connectivity index (χ1) is 4.52. The Labute approximate surface area is 65.2 Å². The van der Waals surface area contributed by atoms with E-state index in [4.69, 9.17) is 0 Å². The largest absolute Gasteiger partial charge is 0.309 e. The van der Waals surface area contributed by atoms with Crippen LogP contribution in [0.1, 0.15) is 47.5 Å². The second-order valence-electron chi connectivity index (χ2n) is 3.69. The molecule has 0 radical (unpaired) electrons. The van der Waals surface area contributed by atoms with E-state index < -0.39 is 0 Å². The van der Waals surface area contributed by atoms with Gasteiger partial charge in [-0.3, -0.25) is 0 Å². The normalized spacial score (nSPS) is 15.3. The number of nitrogens with one attached hydrogen (secondary N) is 1. The molecule has 1 atom stereocenters. The summed E-state index contributed by atoms with van der Waals surface area (Å²) < 4.78 is 0. The highest BCUT2D eigenvalue weighted by Crippen LogP contribution is 2.08. The van der Waals surface area contributed by atoms with Gasteiger partial charge in [0.2, 0.25) is 0 Å². The lowest BCUT2D eigenvalue weighted by Gasteiger charge is -2.28. The fourth-order valence-corrected chi connectivity index (χ4v) is 0.871. The molecule has 0 saturated carbocycles. The van der Waals surface area contributed by atoms with Gasteiger partial charge in [0.1, 0.15) is 0 Å². The Kier molecular flexibility index (Phi) is 3.95. The highest BCUT2D eigenvalue weighted by atomic mass is 15.0. The molecular formula is C9H21N. The van der Waals surface area contributed by atoms with Crippen molar-refractivity contribution in [3.63, 3.8) is 0 Å². The van der Waals surface area contributed by atoms with Crippen LogP contribution in [0.15, 0.2) is 0 Å². The summed E-state index contributed by atoms with van der Waals surface area (Å²) in [5.41, 5.74) is 0.315. The molecule has 0 aromatic carbocycles. The van der Waals surface area contributed by atoms with Crippen molar-refractivity contribution in [3.05, 3.63) is 0 Å². The third-order valence-corrected chi connectivity index (χ3v) is 2.13. The van der Waals surface area contributed by atoms with E-state index in [9.17, 15) is 0 Å². The first-order valence-corrected chi connectivity index (χ1v) is 4.29. The van der Waals surface area contributed by atoms with Gasteiger partial charge < -0.3 is 5.32 Å². The molecule has 0 spiro atoms. The maximum Gasteiger partial charge on any atom is 0.0125 e. The summed E-state index contributed by atoms with van der Waals surface area (Å²) in [6.07, 6.45) is 2.40. The lowest BCUT2D eigenvalue weighted by molar-refractivity contribution is 0.329. The van der Waals surface area contributed by atoms with Crippen LogP contribution in [-0.2, 0) is 0 Å². The van der Waals surface area contributed by atoms with Crippen LogP contribution in [-0.4, -0.2) is 11.6 Å². The summed E-state index contributed by atoms with van der Waals surface area (Å²) in [5.74, 6) is 0. The summed E-state index contributed by atoms with van der Waals surface area (Å²) in [7, 11) is 0. The van der Waals surface area contributed by atoms with Gasteiger partial charge in [0, 0.05) is 11.6 Å². The van der Waals surface area contributed by atoms with Gasteiger partial charge in [0.05, 0.1) is 0 Å². The molecule has 0 bridgehead atoms. The average molecular weight is 143 g/mol. The zero-order valence-electron chi connectivity index (χ0n) is 7.99. The topological polar surface area (TPSA) is 12.0 Å². The monoisotopic (exact) mass is 143 g/mol. The zero-order chi connectivity index (χ0) is 8.20. The first kappa shape index (κ1) is 9.96. The van der Waals surface area contributed by atoms with Gasteiger partial charge in [-0.15, -0.1) is 0 Å². The first-order valence-electron chi connectivity index (χ1n) is 4.29. The molecule has 0 amide bonds. The molecule has 1 N–H and O–H groups in total. The standard InChI is InChI=1S/C9H21N/c1-6-8(3)10-9(4,5)7-2/h8,10H,6-7H2,1-5H3. The van der Waals surface area contributed by atoms with Crippen LogP contribution in [0, 0.1) is 0 Å². The van der Waals surface area contributed by atoms with Crippen LogP contribution >= 0.6 is 0 Å². The van der Waals surface area contributed by atoms with E-state index in [0.717, 1.165) is 0 Å². The van der Waals surface area contributed by atoms with Crippen LogP contribution in [0.4, 0.5) is 0 Å². The maximum absolute atomic E-state index is 3.56. The lowest BCUT2D eigenvalue weighted by Crippen LogP contribution is -2.43. The molecule has 0 heterocycles. The van der Waals surface area contributed by atoms with Crippen LogP contribution in [0.25, 0.3) is 0 Å². The minimum absolute atomic E-state index is 0.315. The Morgan fingerprint density at radius 3 is 2.10 bits per heavy atom. The fourth-order valence-electron chi connectivity index (χ4n) is 0.871. The zero-order valence-corrected chi connectivity index (χ0v) is 7.99. The van der Waals surface area contributed by atoms with Crippen LogP contribution in [0.5, 0.6) is 0 Å². The average Bonchev–Trinajstić information content (AvgIpc) is 1.87. The summed E-state index contributed by atoms with van der Waals surface area (Å²) in [6, 6.07) is 0.648. The van der Waals surface area contributed by atoms with E-state index in [-0.39, 0.29) is 0 Å². The molecule has 1 nitrogen and oxygen atoms in total. The smallest absolute Gasteiger partial charge is 0.0125 e. The van der Waals surface area contributed by atoms with E-state index in [2.05, 4.69) is 39.9 Å². The van der Waals surface area contributed by atoms with Crippen molar-refractivity contribution in [1.82, 2.24) is 5.32 Å². The fraction of sp³-hybridized carbons (Fsp3) is 1.00. The van der Waals surface area contributed by atoms with Gasteiger partial charge in [-0.25, -0.2) is 0 Å². The second kappa shape index (κ2) is 3.97. The van der Waals surface area contributed by atoms with Crippen molar-refractivity contribution in [2.24, 2.45) is 0 Å². The van der Waals surface area contributed by atoms with Crippen LogP contribution in [0.2, 0.25) is 0 Å². The molecule has 0 fully saturated rings. The molecule has 0 aromatic rings. The number of rotatable bonds is 4. The Morgan fingerprint density at radius 2 is 1.80 bits per heavy atom. The minimum atomic E-state index is 0.315. The maximum atomic E-state index is 3.56. The molecule has 0 saturated heterocycles.